The Kier molecular flexibility index (Phi) is 2.70. The molecule has 0 saturated carbocycles. The Morgan fingerprint density at radius 2 is 2.00 bits per heavy atom. The number of carbonyl (C=O) groups excluding carboxylic acids is 1. The molecule has 0 unspecified atom stereocenters. The van der Waals surface area contributed by atoms with E-state index in [9.17, 15) is 19.7 Å². The number of hydrogen-bond donors (Lipinski definition) is 1. The largest absolute Gasteiger partial charge is 0.325 e. The summed E-state index contributed by atoms with van der Waals surface area (Å²) in [5.74, 6) is -0.192. The van der Waals surface area contributed by atoms with Crippen LogP contribution in [0, 0.1) is 17.0 Å². The molecule has 1 heterocycles. The van der Waals surface area contributed by atoms with Crippen molar-refractivity contribution < 1.29 is 9.72 Å². The van der Waals surface area contributed by atoms with Crippen molar-refractivity contribution in [3.8, 4) is 0 Å². The molecule has 0 amide bonds. The van der Waals surface area contributed by atoms with E-state index in [1.54, 1.807) is 6.92 Å². The number of nitrogens with one attached hydrogen (secondary N) is 1. The number of benzene rings is 1. The van der Waals surface area contributed by atoms with Gasteiger partial charge in [-0.3, -0.25) is 19.7 Å². The SMILES string of the molecule is CC(=O)c1c(C)[nH]c(=O)c2cc([N+](=O)[O-])ccc12. The van der Waals surface area contributed by atoms with Crippen LogP contribution in [-0.2, 0) is 0 Å². The third kappa shape index (κ3) is 1.77. The van der Waals surface area contributed by atoms with Gasteiger partial charge in [0, 0.05) is 28.8 Å². The highest BCUT2D eigenvalue weighted by Gasteiger charge is 2.15. The molecule has 6 heteroatoms. The van der Waals surface area contributed by atoms with Crippen LogP contribution in [0.5, 0.6) is 0 Å². The van der Waals surface area contributed by atoms with Crippen molar-refractivity contribution in [2.45, 2.75) is 13.8 Å². The number of rotatable bonds is 2. The van der Waals surface area contributed by atoms with Gasteiger partial charge in [-0.05, 0) is 19.9 Å². The number of pyridine rings is 1. The molecule has 18 heavy (non-hydrogen) atoms. The number of hydrogen-bond acceptors (Lipinski definition) is 4. The normalized spacial score (nSPS) is 10.6. The second-order valence-corrected chi connectivity index (χ2v) is 4.00. The van der Waals surface area contributed by atoms with Crippen LogP contribution < -0.4 is 5.56 Å². The molecule has 0 fully saturated rings. The van der Waals surface area contributed by atoms with E-state index in [1.807, 2.05) is 0 Å². The lowest BCUT2D eigenvalue weighted by Gasteiger charge is -2.06. The van der Waals surface area contributed by atoms with Crippen molar-refractivity contribution in [3.63, 3.8) is 0 Å². The standard InChI is InChI=1S/C12H10N2O4/c1-6-11(7(2)15)9-4-3-8(14(17)18)5-10(9)12(16)13-6/h3-5H,1-2H3,(H,13,16). The summed E-state index contributed by atoms with van der Waals surface area (Å²) in [4.78, 5) is 35.9. The van der Waals surface area contributed by atoms with Gasteiger partial charge in [0.15, 0.2) is 5.78 Å². The first kappa shape index (κ1) is 12.0. The van der Waals surface area contributed by atoms with Crippen LogP contribution in [-0.4, -0.2) is 15.7 Å². The van der Waals surface area contributed by atoms with Crippen molar-refractivity contribution in [1.29, 1.82) is 0 Å². The zero-order valence-electron chi connectivity index (χ0n) is 9.81. The molecular weight excluding hydrogens is 236 g/mol. The van der Waals surface area contributed by atoms with Gasteiger partial charge < -0.3 is 4.98 Å². The molecule has 1 N–H and O–H groups in total. The van der Waals surface area contributed by atoms with Crippen molar-refractivity contribution in [1.82, 2.24) is 4.98 Å². The van der Waals surface area contributed by atoms with Crippen LogP contribution >= 0.6 is 0 Å². The maximum absolute atomic E-state index is 11.8. The zero-order chi connectivity index (χ0) is 13.4. The van der Waals surface area contributed by atoms with Crippen LogP contribution in [0.15, 0.2) is 23.0 Å². The predicted octanol–water partition coefficient (Wildman–Crippen LogP) is 1.95. The number of aromatic nitrogens is 1. The lowest BCUT2D eigenvalue weighted by Crippen LogP contribution is -2.13. The number of H-pyrrole nitrogens is 1. The molecule has 0 aliphatic heterocycles. The highest BCUT2D eigenvalue weighted by molar-refractivity contribution is 6.07. The van der Waals surface area contributed by atoms with E-state index in [1.165, 1.54) is 25.1 Å². The Morgan fingerprint density at radius 3 is 2.56 bits per heavy atom. The summed E-state index contributed by atoms with van der Waals surface area (Å²) in [7, 11) is 0. The molecule has 6 nitrogen and oxygen atoms in total. The number of nitrogens with zero attached hydrogens (tertiary/aromatic N) is 1. The highest BCUT2D eigenvalue weighted by atomic mass is 16.6. The van der Waals surface area contributed by atoms with Crippen LogP contribution in [0.2, 0.25) is 0 Å². The molecule has 0 radical (unpaired) electrons. The number of aryl methyl sites for hydroxylation is 1. The first-order valence-corrected chi connectivity index (χ1v) is 5.24. The average Bonchev–Trinajstić information content (AvgIpc) is 2.27. The number of non-ortho nitro benzene ring substituents is 1. The predicted molar refractivity (Wildman–Crippen MR) is 66.0 cm³/mol. The summed E-state index contributed by atoms with van der Waals surface area (Å²) >= 11 is 0. The lowest BCUT2D eigenvalue weighted by atomic mass is 10.0. The third-order valence-electron chi connectivity index (χ3n) is 2.76. The second-order valence-electron chi connectivity index (χ2n) is 4.00. The minimum atomic E-state index is -0.577. The maximum Gasteiger partial charge on any atom is 0.270 e. The zero-order valence-corrected chi connectivity index (χ0v) is 9.81. The summed E-state index contributed by atoms with van der Waals surface area (Å²) in [6.45, 7) is 3.01. The first-order chi connectivity index (χ1) is 8.41. The Labute approximate surface area is 101 Å². The third-order valence-corrected chi connectivity index (χ3v) is 2.76. The van der Waals surface area contributed by atoms with E-state index in [0.29, 0.717) is 16.6 Å². The molecule has 2 aromatic rings. The second kappa shape index (κ2) is 4.06. The summed E-state index contributed by atoms with van der Waals surface area (Å²) in [5.41, 5.74) is 0.246. The fourth-order valence-corrected chi connectivity index (χ4v) is 2.01. The van der Waals surface area contributed by atoms with Gasteiger partial charge >= 0.3 is 0 Å². The molecule has 92 valence electrons. The van der Waals surface area contributed by atoms with E-state index in [2.05, 4.69) is 4.98 Å². The molecule has 2 rings (SSSR count). The van der Waals surface area contributed by atoms with Gasteiger partial charge in [0.05, 0.1) is 10.3 Å². The number of nitro benzene ring substituents is 1. The van der Waals surface area contributed by atoms with E-state index in [-0.39, 0.29) is 16.9 Å². The fraction of sp³-hybridized carbons (Fsp3) is 0.167. The van der Waals surface area contributed by atoms with Gasteiger partial charge in [0.1, 0.15) is 0 Å². The van der Waals surface area contributed by atoms with E-state index < -0.39 is 10.5 Å². The topological polar surface area (TPSA) is 93.1 Å². The average molecular weight is 246 g/mol. The van der Waals surface area contributed by atoms with Crippen LogP contribution in [0.25, 0.3) is 10.8 Å². The Bertz CT molecular complexity index is 731. The molecule has 1 aromatic heterocycles. The summed E-state index contributed by atoms with van der Waals surface area (Å²) in [6, 6.07) is 3.90. The smallest absolute Gasteiger partial charge is 0.270 e. The first-order valence-electron chi connectivity index (χ1n) is 5.24. The molecular formula is C12H10N2O4. The quantitative estimate of drug-likeness (QED) is 0.497. The van der Waals surface area contributed by atoms with Gasteiger partial charge in [-0.25, -0.2) is 0 Å². The van der Waals surface area contributed by atoms with Crippen LogP contribution in [0.1, 0.15) is 23.0 Å². The molecule has 0 aliphatic carbocycles. The van der Waals surface area contributed by atoms with Crippen molar-refractivity contribution in [2.24, 2.45) is 0 Å². The van der Waals surface area contributed by atoms with E-state index >= 15 is 0 Å². The number of Topliss-reactive ketones (excluding diaryl/α,β-unsaturated/α-hetero) is 1. The summed E-state index contributed by atoms with van der Waals surface area (Å²) in [6.07, 6.45) is 0. The molecule has 0 saturated heterocycles. The number of ketones is 1. The number of carbonyl (C=O) groups is 1. The Hall–Kier alpha value is -2.50. The highest BCUT2D eigenvalue weighted by Crippen LogP contribution is 2.22. The molecule has 0 atom stereocenters. The van der Waals surface area contributed by atoms with Crippen molar-refractivity contribution in [3.05, 3.63) is 49.9 Å². The van der Waals surface area contributed by atoms with Crippen LogP contribution in [0.3, 0.4) is 0 Å². The van der Waals surface area contributed by atoms with Crippen molar-refractivity contribution in [2.75, 3.05) is 0 Å². The molecule has 0 aliphatic rings. The minimum absolute atomic E-state index is 0.153. The number of aromatic amines is 1. The van der Waals surface area contributed by atoms with Gasteiger partial charge in [-0.1, -0.05) is 0 Å². The molecule has 1 aromatic carbocycles. The summed E-state index contributed by atoms with van der Waals surface area (Å²) < 4.78 is 0. The van der Waals surface area contributed by atoms with Gasteiger partial charge in [-0.2, -0.15) is 0 Å². The molecule has 0 bridgehead atoms. The number of fused-ring (bicyclic) bond motifs is 1. The Morgan fingerprint density at radius 1 is 1.33 bits per heavy atom. The minimum Gasteiger partial charge on any atom is -0.325 e. The number of nitro groups is 1. The van der Waals surface area contributed by atoms with Gasteiger partial charge in [-0.15, -0.1) is 0 Å². The Balaban J connectivity index is 2.94. The van der Waals surface area contributed by atoms with E-state index in [0.717, 1.165) is 0 Å². The lowest BCUT2D eigenvalue weighted by molar-refractivity contribution is -0.384. The summed E-state index contributed by atoms with van der Waals surface area (Å²) in [5, 5.41) is 11.3. The van der Waals surface area contributed by atoms with Crippen molar-refractivity contribution >= 4 is 22.2 Å². The fourth-order valence-electron chi connectivity index (χ4n) is 2.01. The monoisotopic (exact) mass is 246 g/mol. The van der Waals surface area contributed by atoms with Gasteiger partial charge in [0.25, 0.3) is 11.2 Å². The molecule has 0 spiro atoms. The van der Waals surface area contributed by atoms with Crippen LogP contribution in [0.4, 0.5) is 5.69 Å². The maximum atomic E-state index is 11.8. The van der Waals surface area contributed by atoms with E-state index in [4.69, 9.17) is 0 Å². The van der Waals surface area contributed by atoms with Gasteiger partial charge in [0.2, 0.25) is 0 Å².